The molecule has 0 bridgehead atoms. The van der Waals surface area contributed by atoms with Crippen LogP contribution in [0.25, 0.3) is 10.9 Å². The Balaban J connectivity index is 1.75. The smallest absolute Gasteiger partial charge is 0.225 e. The molecule has 1 saturated heterocycles. The molecular formula is C16H22N4O. The molecule has 5 nitrogen and oxygen atoms in total. The summed E-state index contributed by atoms with van der Waals surface area (Å²) < 4.78 is 5.42. The summed E-state index contributed by atoms with van der Waals surface area (Å²) in [6.45, 7) is 5.59. The Morgan fingerprint density at radius 1 is 1.24 bits per heavy atom. The van der Waals surface area contributed by atoms with Crippen molar-refractivity contribution < 1.29 is 4.74 Å². The maximum absolute atomic E-state index is 5.42. The summed E-state index contributed by atoms with van der Waals surface area (Å²) in [5.41, 5.74) is 0.968. The normalized spacial score (nSPS) is 18.0. The fraction of sp³-hybridized carbons (Fsp3) is 0.500. The summed E-state index contributed by atoms with van der Waals surface area (Å²) in [6.07, 6.45) is 2.30. The summed E-state index contributed by atoms with van der Waals surface area (Å²) in [4.78, 5) is 9.12. The largest absolute Gasteiger partial charge is 0.381 e. The van der Waals surface area contributed by atoms with Crippen LogP contribution in [0.2, 0.25) is 0 Å². The van der Waals surface area contributed by atoms with Crippen LogP contribution in [-0.4, -0.2) is 36.3 Å². The van der Waals surface area contributed by atoms with E-state index in [2.05, 4.69) is 26.7 Å². The predicted octanol–water partition coefficient (Wildman–Crippen LogP) is 2.90. The van der Waals surface area contributed by atoms with Crippen LogP contribution in [0.4, 0.5) is 11.8 Å². The van der Waals surface area contributed by atoms with E-state index in [1.165, 1.54) is 6.42 Å². The zero-order chi connectivity index (χ0) is 14.5. The van der Waals surface area contributed by atoms with Gasteiger partial charge >= 0.3 is 0 Å². The van der Waals surface area contributed by atoms with Crippen molar-refractivity contribution in [3.63, 3.8) is 0 Å². The highest BCUT2D eigenvalue weighted by Crippen LogP contribution is 2.22. The van der Waals surface area contributed by atoms with Crippen LogP contribution in [-0.2, 0) is 4.74 Å². The minimum absolute atomic E-state index is 0.679. The van der Waals surface area contributed by atoms with Gasteiger partial charge in [0.2, 0.25) is 5.95 Å². The average molecular weight is 286 g/mol. The Labute approximate surface area is 125 Å². The van der Waals surface area contributed by atoms with Gasteiger partial charge in [-0.1, -0.05) is 12.1 Å². The third kappa shape index (κ3) is 3.42. The number of hydrogen-bond donors (Lipinski definition) is 2. The highest BCUT2D eigenvalue weighted by atomic mass is 16.5. The minimum atomic E-state index is 0.679. The fourth-order valence-corrected chi connectivity index (χ4v) is 2.65. The molecule has 1 atom stereocenters. The van der Waals surface area contributed by atoms with Crippen LogP contribution in [0.5, 0.6) is 0 Å². The van der Waals surface area contributed by atoms with Gasteiger partial charge in [-0.2, -0.15) is 4.98 Å². The topological polar surface area (TPSA) is 59.1 Å². The van der Waals surface area contributed by atoms with Gasteiger partial charge < -0.3 is 15.4 Å². The number of rotatable bonds is 6. The Morgan fingerprint density at radius 2 is 2.14 bits per heavy atom. The van der Waals surface area contributed by atoms with E-state index >= 15 is 0 Å². The zero-order valence-corrected chi connectivity index (χ0v) is 12.4. The van der Waals surface area contributed by atoms with Gasteiger partial charge in [0.15, 0.2) is 0 Å². The first-order chi connectivity index (χ1) is 10.4. The number of benzene rings is 1. The summed E-state index contributed by atoms with van der Waals surface area (Å²) in [5.74, 6) is 2.28. The van der Waals surface area contributed by atoms with E-state index in [9.17, 15) is 0 Å². The summed E-state index contributed by atoms with van der Waals surface area (Å²) >= 11 is 0. The molecule has 5 heteroatoms. The lowest BCUT2D eigenvalue weighted by Gasteiger charge is -2.12. The summed E-state index contributed by atoms with van der Waals surface area (Å²) in [6, 6.07) is 8.11. The van der Waals surface area contributed by atoms with Crippen LogP contribution in [0.1, 0.15) is 19.8 Å². The van der Waals surface area contributed by atoms with Gasteiger partial charge in [0.25, 0.3) is 0 Å². The number of para-hydroxylation sites is 1. The first kappa shape index (κ1) is 14.1. The second-order valence-electron chi connectivity index (χ2n) is 5.39. The molecule has 0 saturated carbocycles. The van der Waals surface area contributed by atoms with Crippen LogP contribution >= 0.6 is 0 Å². The second kappa shape index (κ2) is 6.72. The average Bonchev–Trinajstić information content (AvgIpc) is 3.01. The van der Waals surface area contributed by atoms with E-state index in [-0.39, 0.29) is 0 Å². The number of aromatic nitrogens is 2. The number of fused-ring (bicyclic) bond motifs is 1. The molecule has 0 amide bonds. The molecule has 1 aliphatic heterocycles. The molecule has 0 radical (unpaired) electrons. The molecular weight excluding hydrogens is 264 g/mol. The summed E-state index contributed by atoms with van der Waals surface area (Å²) in [7, 11) is 0. The van der Waals surface area contributed by atoms with Gasteiger partial charge in [-0.25, -0.2) is 4.98 Å². The third-order valence-corrected chi connectivity index (χ3v) is 3.81. The Kier molecular flexibility index (Phi) is 4.50. The predicted molar refractivity (Wildman–Crippen MR) is 85.7 cm³/mol. The van der Waals surface area contributed by atoms with Crippen molar-refractivity contribution in [1.82, 2.24) is 9.97 Å². The van der Waals surface area contributed by atoms with Gasteiger partial charge in [-0.3, -0.25) is 0 Å². The van der Waals surface area contributed by atoms with Crippen molar-refractivity contribution in [2.75, 3.05) is 36.9 Å². The first-order valence-corrected chi connectivity index (χ1v) is 7.69. The Hall–Kier alpha value is -1.88. The molecule has 2 N–H and O–H groups in total. The van der Waals surface area contributed by atoms with Crippen LogP contribution in [0.3, 0.4) is 0 Å². The van der Waals surface area contributed by atoms with Gasteiger partial charge in [0.05, 0.1) is 5.52 Å². The van der Waals surface area contributed by atoms with Crippen molar-refractivity contribution in [1.29, 1.82) is 0 Å². The van der Waals surface area contributed by atoms with Crippen molar-refractivity contribution in [2.45, 2.75) is 19.8 Å². The number of ether oxygens (including phenoxy) is 1. The monoisotopic (exact) mass is 286 g/mol. The van der Waals surface area contributed by atoms with E-state index in [1.807, 2.05) is 25.1 Å². The molecule has 1 aliphatic rings. The van der Waals surface area contributed by atoms with E-state index < -0.39 is 0 Å². The van der Waals surface area contributed by atoms with Crippen molar-refractivity contribution in [3.8, 4) is 0 Å². The standard InChI is InChI=1S/C16H22N4O/c1-2-17-16-19-14-6-4-3-5-13(14)15(20-16)18-9-7-12-8-10-21-11-12/h3-6,12H,2,7-11H2,1H3,(H2,17,18,19,20). The van der Waals surface area contributed by atoms with Gasteiger partial charge in [-0.05, 0) is 37.8 Å². The lowest BCUT2D eigenvalue weighted by molar-refractivity contribution is 0.185. The van der Waals surface area contributed by atoms with Crippen LogP contribution in [0.15, 0.2) is 24.3 Å². The molecule has 1 fully saturated rings. The highest BCUT2D eigenvalue weighted by Gasteiger charge is 2.15. The lowest BCUT2D eigenvalue weighted by atomic mass is 10.1. The van der Waals surface area contributed by atoms with E-state index in [1.54, 1.807) is 0 Å². The van der Waals surface area contributed by atoms with Crippen molar-refractivity contribution >= 4 is 22.7 Å². The van der Waals surface area contributed by atoms with E-state index in [0.29, 0.717) is 11.9 Å². The van der Waals surface area contributed by atoms with E-state index in [4.69, 9.17) is 4.74 Å². The van der Waals surface area contributed by atoms with Crippen molar-refractivity contribution in [3.05, 3.63) is 24.3 Å². The zero-order valence-electron chi connectivity index (χ0n) is 12.4. The number of anilines is 2. The first-order valence-electron chi connectivity index (χ1n) is 7.69. The number of nitrogens with zero attached hydrogens (tertiary/aromatic N) is 2. The molecule has 2 heterocycles. The minimum Gasteiger partial charge on any atom is -0.381 e. The highest BCUT2D eigenvalue weighted by molar-refractivity contribution is 5.89. The maximum atomic E-state index is 5.42. The van der Waals surface area contributed by atoms with Crippen molar-refractivity contribution in [2.24, 2.45) is 5.92 Å². The number of nitrogens with one attached hydrogen (secondary N) is 2. The summed E-state index contributed by atoms with van der Waals surface area (Å²) in [5, 5.41) is 7.73. The quantitative estimate of drug-likeness (QED) is 0.855. The van der Waals surface area contributed by atoms with Gasteiger partial charge in [0, 0.05) is 31.7 Å². The Morgan fingerprint density at radius 3 is 2.95 bits per heavy atom. The fourth-order valence-electron chi connectivity index (χ4n) is 2.65. The van der Waals surface area contributed by atoms with Gasteiger partial charge in [-0.15, -0.1) is 0 Å². The molecule has 1 aromatic carbocycles. The third-order valence-electron chi connectivity index (χ3n) is 3.81. The Bertz CT molecular complexity index is 596. The van der Waals surface area contributed by atoms with E-state index in [0.717, 1.165) is 49.4 Å². The molecule has 3 rings (SSSR count). The van der Waals surface area contributed by atoms with Crippen LogP contribution < -0.4 is 10.6 Å². The second-order valence-corrected chi connectivity index (χ2v) is 5.39. The SMILES string of the molecule is CCNc1nc(NCCC2CCOC2)c2ccccc2n1. The van der Waals surface area contributed by atoms with Gasteiger partial charge in [0.1, 0.15) is 5.82 Å². The number of hydrogen-bond acceptors (Lipinski definition) is 5. The lowest BCUT2D eigenvalue weighted by Crippen LogP contribution is -2.11. The molecule has 2 aromatic rings. The van der Waals surface area contributed by atoms with Crippen LogP contribution in [0, 0.1) is 5.92 Å². The molecule has 0 aliphatic carbocycles. The molecule has 1 unspecified atom stereocenters. The maximum Gasteiger partial charge on any atom is 0.225 e. The molecule has 1 aromatic heterocycles. The molecule has 21 heavy (non-hydrogen) atoms. The molecule has 112 valence electrons. The molecule has 0 spiro atoms.